The van der Waals surface area contributed by atoms with Crippen molar-refractivity contribution in [2.24, 2.45) is 5.92 Å². The van der Waals surface area contributed by atoms with Gasteiger partial charge in [-0.25, -0.2) is 9.59 Å². The molecule has 9 N–H and O–H groups in total. The summed E-state index contributed by atoms with van der Waals surface area (Å²) < 4.78 is 106. The topological polar surface area (TPSA) is 313 Å². The Kier molecular flexibility index (Phi) is 25.5. The van der Waals surface area contributed by atoms with Crippen molar-refractivity contribution in [3.63, 3.8) is 0 Å². The van der Waals surface area contributed by atoms with Crippen LogP contribution in [-0.4, -0.2) is 146 Å². The van der Waals surface area contributed by atoms with Crippen LogP contribution in [0.5, 0.6) is 5.75 Å². The number of carbonyl (C=O) groups excluding carboxylic acids is 9. The number of nitrogens with one attached hydrogen (secondary N) is 8. The molecule has 0 radical (unpaired) electrons. The maximum absolute atomic E-state index is 14.7. The van der Waals surface area contributed by atoms with Gasteiger partial charge in [0, 0.05) is 65.7 Å². The van der Waals surface area contributed by atoms with Crippen molar-refractivity contribution in [3.8, 4) is 5.75 Å². The van der Waals surface area contributed by atoms with Crippen LogP contribution in [0.3, 0.4) is 0 Å². The molecule has 8 amide bonds. The van der Waals surface area contributed by atoms with Gasteiger partial charge in [0.25, 0.3) is 0 Å². The molecule has 4 aromatic carbocycles. The molecule has 1 aromatic heterocycles. The van der Waals surface area contributed by atoms with E-state index in [-0.39, 0.29) is 75.0 Å². The minimum atomic E-state index is -5.19. The number of alkyl halides is 6. The zero-order valence-electron chi connectivity index (χ0n) is 52.2. The Hall–Kier alpha value is -9.02. The van der Waals surface area contributed by atoms with Gasteiger partial charge in [-0.15, -0.1) is 0 Å². The highest BCUT2D eigenvalue weighted by Crippen LogP contribution is 2.37. The van der Waals surface area contributed by atoms with E-state index in [1.807, 2.05) is 0 Å². The third-order valence-corrected chi connectivity index (χ3v) is 15.5. The lowest BCUT2D eigenvalue weighted by Crippen LogP contribution is -2.59. The van der Waals surface area contributed by atoms with E-state index in [1.165, 1.54) is 48.5 Å². The lowest BCUT2D eigenvalue weighted by Gasteiger charge is -2.31. The highest BCUT2D eigenvalue weighted by atomic mass is 32.2. The van der Waals surface area contributed by atoms with Gasteiger partial charge < -0.3 is 61.7 Å². The summed E-state index contributed by atoms with van der Waals surface area (Å²) in [5.41, 5.74) is -2.64. The molecule has 0 spiro atoms. The first kappa shape index (κ1) is 73.0. The zero-order chi connectivity index (χ0) is 68.5. The summed E-state index contributed by atoms with van der Waals surface area (Å²) in [6.45, 7) is 7.87. The standard InChI is InChI=1S/C64H77F6N9O13S/c1-36(2)26-48(56(84)77-51(31-41-33-71-46-17-12-11-16-45(41)46)60(88)91-35-40-27-42(63(65,66)67)32-43(28-40)64(68,69)70)76-58(86)52-18-13-24-79(52)59(87)47(23-25-93(7)90)75-57(85)49(29-38-14-9-8-10-15-38)74-53(81)34-72-54(82)37(3)73-55(83)50(78-61(89)92-62(4,5)6)30-39-19-21-44(80)22-20-39/h8-12,14-17,19-22,27-28,32-33,36-37,47-52,71,80H,13,18,23-26,29-31,34-35H2,1-7H3,(H,72,82)(H,73,83)(H,74,81)(H,75,85)(H,76,86)(H,77,84)(H,78,89)/t37-,47+,48+,49+,50+,51+,52+,93?/m1/s1. The minimum Gasteiger partial charge on any atom is -0.508 e. The number of halogens is 6. The van der Waals surface area contributed by atoms with Gasteiger partial charge >= 0.3 is 24.4 Å². The van der Waals surface area contributed by atoms with Gasteiger partial charge in [-0.3, -0.25) is 37.8 Å². The summed E-state index contributed by atoms with van der Waals surface area (Å²) in [5, 5.41) is 28.3. The van der Waals surface area contributed by atoms with Crippen LogP contribution in [0.1, 0.15) is 101 Å². The van der Waals surface area contributed by atoms with Gasteiger partial charge in [0.15, 0.2) is 0 Å². The molecule has 0 saturated carbocycles. The van der Waals surface area contributed by atoms with E-state index in [0.29, 0.717) is 39.7 Å². The molecule has 1 fully saturated rings. The first-order valence-electron chi connectivity index (χ1n) is 29.8. The molecule has 1 aliphatic heterocycles. The number of benzene rings is 4. The SMILES string of the molecule is CC(C)C[C@H](NC(=O)[C@@H]1CCCN1C(=O)[C@H](CCS(C)=O)NC(=O)[C@H](Cc1ccccc1)NC(=O)CNC(=O)[C@@H](C)NC(=O)[C@H](Cc1ccc(O)cc1)NC(=O)OC(C)(C)C)C(=O)N[C@@H](Cc1c[nH]c2ccccc12)C(=O)OCc1cc(C(F)(F)F)cc(C(F)(F)F)c1. The van der Waals surface area contributed by atoms with Crippen LogP contribution >= 0.6 is 0 Å². The fourth-order valence-electron chi connectivity index (χ4n) is 10.2. The van der Waals surface area contributed by atoms with Crippen molar-refractivity contribution < 1.29 is 88.3 Å². The number of H-pyrrole nitrogens is 1. The number of hydrogen-bond acceptors (Lipinski definition) is 13. The number of aromatic nitrogens is 1. The molecule has 504 valence electrons. The number of phenolic OH excluding ortho intramolecular Hbond substituents is 1. The van der Waals surface area contributed by atoms with Gasteiger partial charge in [-0.05, 0) is 118 Å². The van der Waals surface area contributed by atoms with Crippen LogP contribution in [0.4, 0.5) is 31.1 Å². The number of hydrogen-bond donors (Lipinski definition) is 9. The van der Waals surface area contributed by atoms with E-state index in [1.54, 1.807) is 89.2 Å². The summed E-state index contributed by atoms with van der Waals surface area (Å²) >= 11 is 0. The molecular formula is C64H77F6N9O13S. The lowest BCUT2D eigenvalue weighted by molar-refractivity contribution is -0.149. The summed E-state index contributed by atoms with van der Waals surface area (Å²) in [6.07, 6.45) is -8.83. The number of aromatic amines is 1. The van der Waals surface area contributed by atoms with Crippen molar-refractivity contribution in [2.75, 3.05) is 25.1 Å². The van der Waals surface area contributed by atoms with Crippen LogP contribution in [0.2, 0.25) is 0 Å². The van der Waals surface area contributed by atoms with Crippen molar-refractivity contribution in [3.05, 3.63) is 137 Å². The molecule has 8 atom stereocenters. The number of phenols is 1. The summed E-state index contributed by atoms with van der Waals surface area (Å²) in [7, 11) is -1.52. The fraction of sp³-hybridized carbons (Fsp3) is 0.453. The number of rotatable bonds is 28. The molecule has 1 saturated heterocycles. The Morgan fingerprint density at radius 2 is 1.25 bits per heavy atom. The van der Waals surface area contributed by atoms with E-state index in [2.05, 4.69) is 42.2 Å². The minimum absolute atomic E-state index is 0.0174. The molecule has 1 unspecified atom stereocenters. The number of likely N-dealkylation sites (tertiary alicyclic amines) is 1. The average molecular weight is 1330 g/mol. The molecule has 1 aliphatic rings. The second-order valence-corrected chi connectivity index (χ2v) is 25.5. The molecular weight excluding hydrogens is 1250 g/mol. The third kappa shape index (κ3) is 22.7. The molecule has 0 bridgehead atoms. The highest BCUT2D eigenvalue weighted by molar-refractivity contribution is 7.84. The van der Waals surface area contributed by atoms with Gasteiger partial charge in [0.1, 0.15) is 60.3 Å². The number of amides is 8. The van der Waals surface area contributed by atoms with Crippen LogP contribution in [-0.2, 0) is 96.9 Å². The smallest absolute Gasteiger partial charge is 0.416 e. The maximum atomic E-state index is 14.7. The molecule has 2 heterocycles. The number of esters is 1. The molecule has 0 aliphatic carbocycles. The monoisotopic (exact) mass is 1330 g/mol. The molecule has 6 rings (SSSR count). The second-order valence-electron chi connectivity index (χ2n) is 24.0. The van der Waals surface area contributed by atoms with E-state index in [9.17, 15) is 78.8 Å². The van der Waals surface area contributed by atoms with Gasteiger partial charge in [-0.2, -0.15) is 26.3 Å². The number of nitrogens with zero attached hydrogens (tertiary/aromatic N) is 1. The number of alkyl carbamates (subject to hydrolysis) is 1. The highest BCUT2D eigenvalue weighted by Gasteiger charge is 2.41. The van der Waals surface area contributed by atoms with E-state index in [0.717, 1.165) is 0 Å². The zero-order valence-corrected chi connectivity index (χ0v) is 53.0. The predicted octanol–water partition coefficient (Wildman–Crippen LogP) is 5.94. The Labute approximate surface area is 535 Å². The Morgan fingerprint density at radius 1 is 0.667 bits per heavy atom. The van der Waals surface area contributed by atoms with Gasteiger partial charge in [0.2, 0.25) is 41.4 Å². The fourth-order valence-corrected chi connectivity index (χ4v) is 10.7. The third-order valence-electron chi connectivity index (χ3n) is 14.7. The molecule has 29 heteroatoms. The number of carbonyl (C=O) groups is 9. The van der Waals surface area contributed by atoms with Crippen LogP contribution < -0.4 is 37.2 Å². The average Bonchev–Trinajstić information content (AvgIpc) is 1.84. The lowest BCUT2D eigenvalue weighted by atomic mass is 10.0. The number of ether oxygens (including phenoxy) is 2. The normalized spacial score (nSPS) is 15.7. The van der Waals surface area contributed by atoms with Crippen molar-refractivity contribution in [1.29, 1.82) is 0 Å². The second kappa shape index (κ2) is 32.5. The molecule has 93 heavy (non-hydrogen) atoms. The van der Waals surface area contributed by atoms with E-state index in [4.69, 9.17) is 9.47 Å². The quantitative estimate of drug-likeness (QED) is 0.0207. The van der Waals surface area contributed by atoms with Crippen molar-refractivity contribution in [2.45, 2.75) is 153 Å². The van der Waals surface area contributed by atoms with Gasteiger partial charge in [0.05, 0.1) is 17.7 Å². The maximum Gasteiger partial charge on any atom is 0.416 e. The summed E-state index contributed by atoms with van der Waals surface area (Å²) in [5.74, 6) is -7.60. The van der Waals surface area contributed by atoms with Crippen molar-refractivity contribution in [1.82, 2.24) is 47.1 Å². The van der Waals surface area contributed by atoms with Crippen LogP contribution in [0.15, 0.2) is 103 Å². The Morgan fingerprint density at radius 3 is 1.86 bits per heavy atom. The Bertz CT molecular complexity index is 3460. The van der Waals surface area contributed by atoms with Gasteiger partial charge in [-0.1, -0.05) is 74.5 Å². The number of fused-ring (bicyclic) bond motifs is 1. The molecule has 5 aromatic rings. The first-order valence-corrected chi connectivity index (χ1v) is 31.6. The largest absolute Gasteiger partial charge is 0.508 e. The van der Waals surface area contributed by atoms with Crippen LogP contribution in [0.25, 0.3) is 10.9 Å². The predicted molar refractivity (Wildman–Crippen MR) is 329 cm³/mol. The van der Waals surface area contributed by atoms with E-state index >= 15 is 0 Å². The number of para-hydroxylation sites is 1. The summed E-state index contributed by atoms with van der Waals surface area (Å²) in [6, 6.07) is 12.2. The Balaban J connectivity index is 1.15. The van der Waals surface area contributed by atoms with Crippen LogP contribution in [0, 0.1) is 5.92 Å². The molecule has 22 nitrogen and oxygen atoms in total. The summed E-state index contributed by atoms with van der Waals surface area (Å²) in [4.78, 5) is 130. The number of aromatic hydroxyl groups is 1. The van der Waals surface area contributed by atoms with E-state index < -0.39 is 154 Å². The van der Waals surface area contributed by atoms with Crippen molar-refractivity contribution >= 4 is 75.1 Å². The first-order chi connectivity index (χ1) is 43.6.